The summed E-state index contributed by atoms with van der Waals surface area (Å²) in [4.78, 5) is 0. The number of unbranched alkanes of at least 4 members (excludes halogenated alkanes) is 1. The zero-order valence-corrected chi connectivity index (χ0v) is 12.0. The molecule has 0 saturated carbocycles. The van der Waals surface area contributed by atoms with Crippen molar-refractivity contribution in [1.29, 1.82) is 0 Å². The molecule has 0 aliphatic carbocycles. The van der Waals surface area contributed by atoms with Crippen LogP contribution in [0, 0.1) is 0 Å². The predicted molar refractivity (Wildman–Crippen MR) is 64.3 cm³/mol. The fraction of sp³-hybridized carbons (Fsp3) is 1.00. The molecule has 0 spiro atoms. The number of likely N-dealkylation sites (N-methyl/N-ethyl adjacent to an activating group) is 1. The van der Waals surface area contributed by atoms with Crippen molar-refractivity contribution in [3.63, 3.8) is 0 Å². The topological polar surface area (TPSA) is 44.8 Å². The van der Waals surface area contributed by atoms with E-state index >= 15 is 0 Å². The zero-order valence-electron chi connectivity index (χ0n) is 11.1. The first-order chi connectivity index (χ1) is 7.39. The first-order valence-electron chi connectivity index (χ1n) is 5.57. The summed E-state index contributed by atoms with van der Waals surface area (Å²) in [5, 5.41) is 0. The van der Waals surface area contributed by atoms with Gasteiger partial charge in [0.25, 0.3) is 0 Å². The molecule has 0 unspecified atom stereocenters. The van der Waals surface area contributed by atoms with Gasteiger partial charge in [0.15, 0.2) is 0 Å². The molecule has 98 valence electrons. The molecule has 0 N–H and O–H groups in total. The molecule has 0 bridgehead atoms. The molecule has 0 saturated heterocycles. The summed E-state index contributed by atoms with van der Waals surface area (Å²) in [7, 11) is 3.60. The number of hydrogen-bond acceptors (Lipinski definition) is 4. The van der Waals surface area contributed by atoms with Gasteiger partial charge in [-0.05, 0) is 6.42 Å². The van der Waals surface area contributed by atoms with Crippen LogP contribution in [-0.2, 0) is 18.1 Å². The normalized spacial score (nSPS) is 13.1. The third-order valence-corrected chi connectivity index (χ3v) is 3.90. The molecule has 0 aromatic rings. The van der Waals surface area contributed by atoms with Crippen LogP contribution in [0.1, 0.15) is 19.8 Å². The van der Waals surface area contributed by atoms with Crippen LogP contribution in [0.5, 0.6) is 0 Å². The van der Waals surface area contributed by atoms with Gasteiger partial charge in [-0.2, -0.15) is 0 Å². The van der Waals surface area contributed by atoms with Gasteiger partial charge in [-0.3, -0.25) is 13.6 Å². The summed E-state index contributed by atoms with van der Waals surface area (Å²) < 4.78 is 26.9. The largest absolute Gasteiger partial charge is 0.474 e. The van der Waals surface area contributed by atoms with Gasteiger partial charge in [0.05, 0.1) is 20.6 Å². The van der Waals surface area contributed by atoms with E-state index in [9.17, 15) is 4.57 Å². The highest BCUT2D eigenvalue weighted by Gasteiger charge is 2.24. The molecule has 0 rings (SSSR count). The second kappa shape index (κ2) is 7.41. The van der Waals surface area contributed by atoms with E-state index in [4.69, 9.17) is 4.52 Å². The van der Waals surface area contributed by atoms with Gasteiger partial charge in [-0.15, -0.1) is 0 Å². The van der Waals surface area contributed by atoms with Crippen molar-refractivity contribution >= 4 is 7.82 Å². The minimum Gasteiger partial charge on any atom is -0.327 e. The first kappa shape index (κ1) is 16.1. The van der Waals surface area contributed by atoms with E-state index in [-0.39, 0.29) is 0 Å². The van der Waals surface area contributed by atoms with Gasteiger partial charge in [-0.1, -0.05) is 13.3 Å². The second-order valence-electron chi connectivity index (χ2n) is 4.38. The average molecular weight is 254 g/mol. The lowest BCUT2D eigenvalue weighted by molar-refractivity contribution is -0.890. The summed E-state index contributed by atoms with van der Waals surface area (Å²) in [6, 6.07) is 0. The molecule has 0 amide bonds. The Kier molecular flexibility index (Phi) is 7.44. The lowest BCUT2D eigenvalue weighted by Gasteiger charge is -2.29. The van der Waals surface area contributed by atoms with Crippen molar-refractivity contribution in [2.75, 3.05) is 48.0 Å². The van der Waals surface area contributed by atoms with Crippen LogP contribution in [-0.4, -0.2) is 52.5 Å². The quantitative estimate of drug-likeness (QED) is 0.468. The van der Waals surface area contributed by atoms with Crippen LogP contribution in [0.2, 0.25) is 0 Å². The van der Waals surface area contributed by atoms with Crippen molar-refractivity contribution in [2.45, 2.75) is 19.8 Å². The fourth-order valence-electron chi connectivity index (χ4n) is 1.28. The van der Waals surface area contributed by atoms with E-state index < -0.39 is 7.82 Å². The Morgan fingerprint density at radius 2 is 1.69 bits per heavy atom. The van der Waals surface area contributed by atoms with E-state index in [1.54, 1.807) is 0 Å². The summed E-state index contributed by atoms with van der Waals surface area (Å²) >= 11 is 0. The van der Waals surface area contributed by atoms with Crippen LogP contribution in [0.15, 0.2) is 0 Å². The highest BCUT2D eigenvalue weighted by molar-refractivity contribution is 7.48. The molecule has 0 aliphatic heterocycles. The van der Waals surface area contributed by atoms with E-state index in [0.717, 1.165) is 17.6 Å². The predicted octanol–water partition coefficient (Wildman–Crippen LogP) is 2.28. The molecule has 0 fully saturated rings. The highest BCUT2D eigenvalue weighted by Crippen LogP contribution is 2.47. The molecule has 0 aliphatic rings. The molecule has 0 aromatic carbocycles. The maximum absolute atomic E-state index is 11.6. The van der Waals surface area contributed by atoms with Gasteiger partial charge in [0.1, 0.15) is 13.2 Å². The fourth-order valence-corrected chi connectivity index (χ4v) is 1.94. The number of hydrogen-bond donors (Lipinski definition) is 0. The summed E-state index contributed by atoms with van der Waals surface area (Å²) in [6.45, 7) is 4.41. The average Bonchev–Trinajstić information content (AvgIpc) is 2.26. The van der Waals surface area contributed by atoms with Gasteiger partial charge in [0.2, 0.25) is 0 Å². The third-order valence-electron chi connectivity index (χ3n) is 2.51. The smallest absolute Gasteiger partial charge is 0.327 e. The molecule has 0 heterocycles. The number of phosphoric acid groups is 1. The number of phosphoric ester groups is 1. The Hall–Kier alpha value is 0.0700. The Labute approximate surface area is 98.9 Å². The Balaban J connectivity index is 3.92. The molecule has 5 nitrogen and oxygen atoms in total. The van der Waals surface area contributed by atoms with Crippen molar-refractivity contribution in [2.24, 2.45) is 0 Å². The Morgan fingerprint density at radius 3 is 2.12 bits per heavy atom. The van der Waals surface area contributed by atoms with Gasteiger partial charge in [0, 0.05) is 14.2 Å². The molecule has 0 radical (unpaired) electrons. The van der Waals surface area contributed by atoms with Gasteiger partial charge < -0.3 is 4.48 Å². The standard InChI is InChI=1S/C10H25NO4P/c1-6-7-8-11(2,3)9-10-15-16(12,13-4)14-5/h6-10H2,1-5H3/q+1. The minimum atomic E-state index is -3.30. The molecule has 0 aromatic heterocycles. The molecule has 0 atom stereocenters. The van der Waals surface area contributed by atoms with Crippen molar-refractivity contribution in [1.82, 2.24) is 0 Å². The monoisotopic (exact) mass is 254 g/mol. The van der Waals surface area contributed by atoms with Gasteiger partial charge in [-0.25, -0.2) is 4.57 Å². The maximum atomic E-state index is 11.6. The van der Waals surface area contributed by atoms with Gasteiger partial charge >= 0.3 is 7.82 Å². The van der Waals surface area contributed by atoms with Crippen LogP contribution in [0.25, 0.3) is 0 Å². The molecular weight excluding hydrogens is 229 g/mol. The van der Waals surface area contributed by atoms with Crippen molar-refractivity contribution < 1.29 is 22.6 Å². The minimum absolute atomic E-state index is 0.371. The Morgan fingerprint density at radius 1 is 1.12 bits per heavy atom. The van der Waals surface area contributed by atoms with Crippen LogP contribution in [0.3, 0.4) is 0 Å². The van der Waals surface area contributed by atoms with Crippen molar-refractivity contribution in [3.05, 3.63) is 0 Å². The summed E-state index contributed by atoms with van der Waals surface area (Å²) in [5.41, 5.74) is 0. The Bertz CT molecular complexity index is 225. The molecule has 6 heteroatoms. The van der Waals surface area contributed by atoms with Crippen molar-refractivity contribution in [3.8, 4) is 0 Å². The van der Waals surface area contributed by atoms with Crippen LogP contribution < -0.4 is 0 Å². The lowest BCUT2D eigenvalue weighted by Crippen LogP contribution is -2.42. The van der Waals surface area contributed by atoms with E-state index in [1.807, 2.05) is 0 Å². The van der Waals surface area contributed by atoms with E-state index in [0.29, 0.717) is 6.61 Å². The van der Waals surface area contributed by atoms with E-state index in [2.05, 4.69) is 30.1 Å². The summed E-state index contributed by atoms with van der Waals surface area (Å²) in [6.07, 6.45) is 2.36. The SMILES string of the molecule is CCCC[N+](C)(C)CCOP(=O)(OC)OC. The number of quaternary nitrogens is 1. The first-order valence-corrected chi connectivity index (χ1v) is 7.03. The highest BCUT2D eigenvalue weighted by atomic mass is 31.2. The number of nitrogens with zero attached hydrogens (tertiary/aromatic N) is 1. The molecular formula is C10H25NO4P+. The third kappa shape index (κ3) is 6.61. The lowest BCUT2D eigenvalue weighted by atomic mass is 10.3. The molecule has 16 heavy (non-hydrogen) atoms. The maximum Gasteiger partial charge on any atom is 0.474 e. The van der Waals surface area contributed by atoms with Crippen LogP contribution >= 0.6 is 7.82 Å². The number of rotatable bonds is 9. The summed E-state index contributed by atoms with van der Waals surface area (Å²) in [5.74, 6) is 0. The van der Waals surface area contributed by atoms with E-state index in [1.165, 1.54) is 27.1 Å². The second-order valence-corrected chi connectivity index (χ2v) is 6.27. The zero-order chi connectivity index (χ0) is 12.7. The van der Waals surface area contributed by atoms with Crippen LogP contribution in [0.4, 0.5) is 0 Å².